The molecule has 0 aliphatic heterocycles. The van der Waals surface area contributed by atoms with E-state index in [1.807, 2.05) is 30.3 Å². The van der Waals surface area contributed by atoms with Crippen LogP contribution in [0, 0.1) is 27.9 Å². The zero-order chi connectivity index (χ0) is 34.9. The summed E-state index contributed by atoms with van der Waals surface area (Å²) >= 11 is 0. The van der Waals surface area contributed by atoms with Gasteiger partial charge in [-0.3, -0.25) is 29.3 Å². The average Bonchev–Trinajstić information content (AvgIpc) is 3.07. The van der Waals surface area contributed by atoms with Gasteiger partial charge in [0, 0.05) is 43.3 Å². The van der Waals surface area contributed by atoms with Crippen molar-refractivity contribution in [2.24, 2.45) is 17.8 Å². The van der Waals surface area contributed by atoms with Gasteiger partial charge in [-0.15, -0.1) is 0 Å². The fourth-order valence-electron chi connectivity index (χ4n) is 5.74. The molecule has 0 radical (unpaired) electrons. The van der Waals surface area contributed by atoms with Crippen LogP contribution in [0.4, 0.5) is 0 Å². The monoisotopic (exact) mass is 673 g/mol. The van der Waals surface area contributed by atoms with Crippen LogP contribution < -0.4 is 21.3 Å². The predicted molar refractivity (Wildman–Crippen MR) is 174 cm³/mol. The molecule has 1 saturated carbocycles. The van der Waals surface area contributed by atoms with Crippen molar-refractivity contribution in [3.8, 4) is 0 Å². The van der Waals surface area contributed by atoms with Gasteiger partial charge < -0.3 is 41.0 Å². The van der Waals surface area contributed by atoms with Crippen molar-refractivity contribution in [2.45, 2.75) is 50.6 Å². The Hall–Kier alpha value is -4.18. The van der Waals surface area contributed by atoms with E-state index in [0.717, 1.165) is 5.56 Å². The highest BCUT2D eigenvalue weighted by Gasteiger charge is 2.40. The maximum absolute atomic E-state index is 13.9. The summed E-state index contributed by atoms with van der Waals surface area (Å²) in [5, 5.41) is 40.3. The van der Waals surface area contributed by atoms with Crippen molar-refractivity contribution in [2.75, 3.05) is 52.7 Å². The van der Waals surface area contributed by atoms with Gasteiger partial charge in [0.05, 0.1) is 50.1 Å². The number of carbonyl (C=O) groups excluding carboxylic acids is 4. The van der Waals surface area contributed by atoms with Crippen LogP contribution in [-0.4, -0.2) is 103 Å². The molecule has 2 unspecified atom stereocenters. The summed E-state index contributed by atoms with van der Waals surface area (Å²) in [4.78, 5) is 64.5. The van der Waals surface area contributed by atoms with E-state index in [1.54, 1.807) is 13.0 Å². The second-order valence-electron chi connectivity index (χ2n) is 12.1. The molecular weight excluding hydrogens is 626 g/mol. The summed E-state index contributed by atoms with van der Waals surface area (Å²) < 4.78 is 10.4. The van der Waals surface area contributed by atoms with Gasteiger partial charge in [-0.05, 0) is 44.2 Å². The molecule has 0 saturated heterocycles. The summed E-state index contributed by atoms with van der Waals surface area (Å²) in [6.07, 6.45) is 5.21. The third-order valence-electron chi connectivity index (χ3n) is 8.27. The molecule has 48 heavy (non-hydrogen) atoms. The quantitative estimate of drug-likeness (QED) is 0.0656. The molecule has 15 nitrogen and oxygen atoms in total. The molecule has 1 fully saturated rings. The van der Waals surface area contributed by atoms with E-state index in [9.17, 15) is 29.3 Å². The van der Waals surface area contributed by atoms with Gasteiger partial charge in [0.15, 0.2) is 0 Å². The number of allylic oxidation sites excluding steroid dienone is 1. The first-order valence-electron chi connectivity index (χ1n) is 16.2. The standard InChI is InChI=1S/C33H47N5O10/c1-33(9-7-27(8-10-33)38(45)46)37-32(44)28(19-23-5-3-2-4-6-23)36-31(43)26-21-24(29(41)34-11-15-47-17-13-39)20-25(22-26)30(42)35-12-16-48-18-14-40/h2-9,24-26,28,39-40H,10-22H2,1H3,(H,34,41)(H,35,42)(H,36,43)(H,37,44)/t24-,25+,26?,28-,33?/m0/s1. The van der Waals surface area contributed by atoms with Crippen molar-refractivity contribution in [3.63, 3.8) is 0 Å². The second kappa shape index (κ2) is 19.6. The number of aliphatic hydroxyl groups excluding tert-OH is 2. The van der Waals surface area contributed by atoms with Crippen LogP contribution in [0.1, 0.15) is 38.2 Å². The lowest BCUT2D eigenvalue weighted by Gasteiger charge is -2.34. The highest BCUT2D eigenvalue weighted by molar-refractivity contribution is 5.90. The number of hydrogen-bond donors (Lipinski definition) is 6. The number of nitrogens with one attached hydrogen (secondary N) is 4. The molecular formula is C33H47N5O10. The summed E-state index contributed by atoms with van der Waals surface area (Å²) in [5.41, 5.74) is -0.196. The number of ether oxygens (including phenoxy) is 2. The highest BCUT2D eigenvalue weighted by Crippen LogP contribution is 2.34. The number of hydrogen-bond acceptors (Lipinski definition) is 10. The Morgan fingerprint density at radius 1 is 0.896 bits per heavy atom. The van der Waals surface area contributed by atoms with E-state index in [2.05, 4.69) is 21.3 Å². The minimum atomic E-state index is -1.01. The van der Waals surface area contributed by atoms with Gasteiger partial charge in [-0.1, -0.05) is 36.4 Å². The van der Waals surface area contributed by atoms with Crippen LogP contribution in [0.15, 0.2) is 54.3 Å². The molecule has 3 rings (SSSR count). The number of benzene rings is 1. The Morgan fingerprint density at radius 2 is 1.44 bits per heavy atom. The van der Waals surface area contributed by atoms with Crippen LogP contribution >= 0.6 is 0 Å². The number of rotatable bonds is 19. The smallest absolute Gasteiger partial charge is 0.265 e. The van der Waals surface area contributed by atoms with E-state index in [1.165, 1.54) is 12.2 Å². The Morgan fingerprint density at radius 3 is 1.92 bits per heavy atom. The van der Waals surface area contributed by atoms with Gasteiger partial charge in [0.1, 0.15) is 6.04 Å². The first-order valence-corrected chi connectivity index (χ1v) is 16.2. The summed E-state index contributed by atoms with van der Waals surface area (Å²) in [6.45, 7) is 2.47. The number of nitrogens with zero attached hydrogens (tertiary/aromatic N) is 1. The molecule has 0 bridgehead atoms. The summed E-state index contributed by atoms with van der Waals surface area (Å²) in [5.74, 6) is -3.71. The van der Waals surface area contributed by atoms with Crippen LogP contribution in [0.5, 0.6) is 0 Å². The third kappa shape index (κ3) is 12.4. The van der Waals surface area contributed by atoms with Crippen LogP contribution in [-0.2, 0) is 35.1 Å². The van der Waals surface area contributed by atoms with Gasteiger partial charge >= 0.3 is 0 Å². The van der Waals surface area contributed by atoms with E-state index < -0.39 is 46.1 Å². The minimum absolute atomic E-state index is 0.0688. The van der Waals surface area contributed by atoms with E-state index >= 15 is 0 Å². The SMILES string of the molecule is CC1(NC(=O)[C@H](Cc2ccccc2)NC(=O)C2C[C@@H](C(=O)NCCOCCO)C[C@@H](C(=O)NCCOCCO)C2)C=CC([N+](=O)[O-])=CC1. The maximum Gasteiger partial charge on any atom is 0.265 e. The number of aliphatic hydroxyl groups is 2. The lowest BCUT2D eigenvalue weighted by Crippen LogP contribution is -2.56. The van der Waals surface area contributed by atoms with E-state index in [0.29, 0.717) is 0 Å². The van der Waals surface area contributed by atoms with Crippen LogP contribution in [0.2, 0.25) is 0 Å². The number of carbonyl (C=O) groups is 4. The average molecular weight is 674 g/mol. The number of nitro groups is 1. The van der Waals surface area contributed by atoms with Gasteiger partial charge in [-0.25, -0.2) is 0 Å². The molecule has 0 spiro atoms. The molecule has 1 aromatic carbocycles. The zero-order valence-electron chi connectivity index (χ0n) is 27.2. The lowest BCUT2D eigenvalue weighted by atomic mass is 9.74. The molecule has 5 atom stereocenters. The van der Waals surface area contributed by atoms with Crippen LogP contribution in [0.3, 0.4) is 0 Å². The topological polar surface area (TPSA) is 218 Å². The van der Waals surface area contributed by atoms with Gasteiger partial charge in [-0.2, -0.15) is 0 Å². The van der Waals surface area contributed by atoms with Crippen molar-refractivity contribution < 1.29 is 43.8 Å². The Labute approximate surface area is 279 Å². The molecule has 4 amide bonds. The largest absolute Gasteiger partial charge is 0.394 e. The molecule has 0 heterocycles. The fraction of sp³-hybridized carbons (Fsp3) is 0.576. The highest BCUT2D eigenvalue weighted by atomic mass is 16.6. The fourth-order valence-corrected chi connectivity index (χ4v) is 5.74. The van der Waals surface area contributed by atoms with Gasteiger partial charge in [0.2, 0.25) is 23.6 Å². The predicted octanol–water partition coefficient (Wildman–Crippen LogP) is -0.00800. The second-order valence-corrected chi connectivity index (χ2v) is 12.1. The molecule has 15 heteroatoms. The Kier molecular flexibility index (Phi) is 15.6. The Balaban J connectivity index is 1.75. The molecule has 1 aromatic rings. The van der Waals surface area contributed by atoms with Crippen molar-refractivity contribution in [1.82, 2.24) is 21.3 Å². The molecule has 0 aromatic heterocycles. The minimum Gasteiger partial charge on any atom is -0.394 e. The van der Waals surface area contributed by atoms with Crippen molar-refractivity contribution in [1.29, 1.82) is 0 Å². The van der Waals surface area contributed by atoms with Gasteiger partial charge in [0.25, 0.3) is 5.70 Å². The third-order valence-corrected chi connectivity index (χ3v) is 8.27. The normalized spacial score (nSPS) is 22.6. The summed E-state index contributed by atoms with van der Waals surface area (Å²) in [6, 6.07) is 8.12. The zero-order valence-corrected chi connectivity index (χ0v) is 27.2. The van der Waals surface area contributed by atoms with Crippen molar-refractivity contribution >= 4 is 23.6 Å². The lowest BCUT2D eigenvalue weighted by molar-refractivity contribution is -0.419. The maximum atomic E-state index is 13.9. The van der Waals surface area contributed by atoms with E-state index in [-0.39, 0.29) is 102 Å². The van der Waals surface area contributed by atoms with Crippen molar-refractivity contribution in [3.05, 3.63) is 69.9 Å². The molecule has 2 aliphatic rings. The first-order chi connectivity index (χ1) is 23.0. The Bertz CT molecular complexity index is 1270. The molecule has 2 aliphatic carbocycles. The van der Waals surface area contributed by atoms with E-state index in [4.69, 9.17) is 19.7 Å². The summed E-state index contributed by atoms with van der Waals surface area (Å²) in [7, 11) is 0. The first kappa shape index (κ1) is 38.3. The van der Waals surface area contributed by atoms with Crippen LogP contribution in [0.25, 0.3) is 0 Å². The number of amides is 4. The molecule has 264 valence electrons. The molecule has 6 N–H and O–H groups in total.